The molecular weight excluding hydrogens is 332 g/mol. The first kappa shape index (κ1) is 17.1. The minimum Gasteiger partial charge on any atom is -0.423 e. The van der Waals surface area contributed by atoms with Crippen LogP contribution in [0, 0.1) is 0 Å². The second-order valence-corrected chi connectivity index (χ2v) is 5.53. The first-order valence-electron chi connectivity index (χ1n) is 7.56. The Morgan fingerprint density at radius 3 is 2.68 bits per heavy atom. The molecule has 0 aliphatic carbocycles. The minimum atomic E-state index is -0.964. The number of hydrogen-bond acceptors (Lipinski definition) is 7. The smallest absolute Gasteiger partial charge is 0.350 e. The minimum absolute atomic E-state index is 0.0321. The van der Waals surface area contributed by atoms with Crippen LogP contribution in [0.25, 0.3) is 0 Å². The molecule has 3 N–H and O–H groups in total. The number of aromatic nitrogens is 2. The summed E-state index contributed by atoms with van der Waals surface area (Å²) in [6.07, 6.45) is -1.66. The van der Waals surface area contributed by atoms with Crippen LogP contribution in [0.2, 0.25) is 0 Å². The number of nitrogens with one attached hydrogen (secondary N) is 1. The molecule has 0 saturated carbocycles. The van der Waals surface area contributed by atoms with E-state index in [0.29, 0.717) is 0 Å². The molecule has 0 spiro atoms. The van der Waals surface area contributed by atoms with E-state index < -0.39 is 42.3 Å². The van der Waals surface area contributed by atoms with Gasteiger partial charge in [-0.15, -0.1) is 0 Å². The summed E-state index contributed by atoms with van der Waals surface area (Å²) in [6, 6.07) is 8.16. The zero-order valence-corrected chi connectivity index (χ0v) is 13.0. The van der Waals surface area contributed by atoms with Gasteiger partial charge in [0.1, 0.15) is 23.6 Å². The Labute approximate surface area is 141 Å². The Morgan fingerprint density at radius 2 is 2.04 bits per heavy atom. The van der Waals surface area contributed by atoms with Gasteiger partial charge in [0.15, 0.2) is 0 Å². The highest BCUT2D eigenvalue weighted by Crippen LogP contribution is 2.27. The zero-order chi connectivity index (χ0) is 18.0. The molecule has 2 heterocycles. The van der Waals surface area contributed by atoms with E-state index in [-0.39, 0.29) is 17.7 Å². The van der Waals surface area contributed by atoms with E-state index in [1.54, 1.807) is 30.3 Å². The van der Waals surface area contributed by atoms with Gasteiger partial charge in [0.2, 0.25) is 0 Å². The number of aliphatic hydroxyl groups is 2. The molecule has 0 unspecified atom stereocenters. The first-order chi connectivity index (χ1) is 12.0. The molecule has 3 rings (SSSR count). The third kappa shape index (κ3) is 3.53. The molecular formula is C16H16N2O7. The summed E-state index contributed by atoms with van der Waals surface area (Å²) in [6.45, 7) is -0.418. The van der Waals surface area contributed by atoms with Gasteiger partial charge in [0.05, 0.1) is 12.7 Å². The monoisotopic (exact) mass is 348 g/mol. The van der Waals surface area contributed by atoms with Crippen molar-refractivity contribution in [2.45, 2.75) is 24.9 Å². The highest BCUT2D eigenvalue weighted by molar-refractivity contribution is 5.90. The number of hydrogen-bond donors (Lipinski definition) is 3. The van der Waals surface area contributed by atoms with Crippen LogP contribution in [-0.2, 0) is 4.74 Å². The Hall–Kier alpha value is -2.75. The van der Waals surface area contributed by atoms with E-state index >= 15 is 0 Å². The van der Waals surface area contributed by atoms with Crippen molar-refractivity contribution in [3.8, 4) is 5.75 Å². The molecule has 1 aromatic carbocycles. The van der Waals surface area contributed by atoms with Crippen molar-refractivity contribution in [3.63, 3.8) is 0 Å². The normalized spacial score (nSPS) is 22.7. The fourth-order valence-corrected chi connectivity index (χ4v) is 2.55. The quantitative estimate of drug-likeness (QED) is 0.496. The van der Waals surface area contributed by atoms with Gasteiger partial charge in [-0.3, -0.25) is 14.3 Å². The Morgan fingerprint density at radius 1 is 1.32 bits per heavy atom. The fourth-order valence-electron chi connectivity index (χ4n) is 2.55. The molecule has 1 aliphatic rings. The van der Waals surface area contributed by atoms with E-state index in [0.717, 1.165) is 10.8 Å². The summed E-state index contributed by atoms with van der Waals surface area (Å²) in [5, 5.41) is 18.9. The molecule has 1 saturated heterocycles. The van der Waals surface area contributed by atoms with E-state index in [9.17, 15) is 19.5 Å². The summed E-state index contributed by atoms with van der Waals surface area (Å²) in [5.74, 6) is -0.684. The lowest BCUT2D eigenvalue weighted by Gasteiger charge is -2.15. The molecule has 1 aromatic heterocycles. The van der Waals surface area contributed by atoms with Crippen LogP contribution in [-0.4, -0.2) is 44.5 Å². The summed E-state index contributed by atoms with van der Waals surface area (Å²) in [7, 11) is 0. The number of carbonyl (C=O) groups is 1. The number of esters is 1. The van der Waals surface area contributed by atoms with Gasteiger partial charge in [0.25, 0.3) is 5.56 Å². The highest BCUT2D eigenvalue weighted by atomic mass is 16.5. The lowest BCUT2D eigenvalue weighted by molar-refractivity contribution is -0.0459. The number of H-pyrrole nitrogens is 1. The lowest BCUT2D eigenvalue weighted by Crippen LogP contribution is -2.36. The molecule has 0 bridgehead atoms. The van der Waals surface area contributed by atoms with Crippen LogP contribution in [0.4, 0.5) is 0 Å². The van der Waals surface area contributed by atoms with Crippen molar-refractivity contribution in [1.82, 2.24) is 9.55 Å². The van der Waals surface area contributed by atoms with Gasteiger partial charge in [0, 0.05) is 12.6 Å². The molecule has 3 atom stereocenters. The molecule has 9 heteroatoms. The number of aromatic amines is 1. The van der Waals surface area contributed by atoms with Crippen molar-refractivity contribution in [2.24, 2.45) is 0 Å². The second kappa shape index (κ2) is 7.01. The molecule has 0 amide bonds. The molecule has 132 valence electrons. The SMILES string of the molecule is O=C(Oc1ccccc1)c1cn([C@H]2C[C@@H](O)[C@H](CO)O2)c(=O)[nH]c1=O. The van der Waals surface area contributed by atoms with Gasteiger partial charge in [-0.2, -0.15) is 0 Å². The summed E-state index contributed by atoms with van der Waals surface area (Å²) in [4.78, 5) is 38.2. The number of para-hydroxylation sites is 1. The number of carbonyl (C=O) groups excluding carboxylic acids is 1. The van der Waals surface area contributed by atoms with Crippen LogP contribution < -0.4 is 16.0 Å². The van der Waals surface area contributed by atoms with E-state index in [4.69, 9.17) is 14.6 Å². The summed E-state index contributed by atoms with van der Waals surface area (Å²) in [5.41, 5.74) is -2.06. The second-order valence-electron chi connectivity index (χ2n) is 5.53. The van der Waals surface area contributed by atoms with Gasteiger partial charge < -0.3 is 19.7 Å². The molecule has 9 nitrogen and oxygen atoms in total. The van der Waals surface area contributed by atoms with Gasteiger partial charge >= 0.3 is 11.7 Å². The maximum Gasteiger partial charge on any atom is 0.350 e. The zero-order valence-electron chi connectivity index (χ0n) is 13.0. The largest absolute Gasteiger partial charge is 0.423 e. The molecule has 0 radical (unpaired) electrons. The van der Waals surface area contributed by atoms with Gasteiger partial charge in [-0.25, -0.2) is 9.59 Å². The number of benzene rings is 1. The highest BCUT2D eigenvalue weighted by Gasteiger charge is 2.35. The van der Waals surface area contributed by atoms with Crippen molar-refractivity contribution < 1.29 is 24.5 Å². The fraction of sp³-hybridized carbons (Fsp3) is 0.312. The van der Waals surface area contributed by atoms with Crippen molar-refractivity contribution >= 4 is 5.97 Å². The number of aliphatic hydroxyl groups excluding tert-OH is 2. The van der Waals surface area contributed by atoms with Crippen LogP contribution >= 0.6 is 0 Å². The summed E-state index contributed by atoms with van der Waals surface area (Å²) >= 11 is 0. The third-order valence-corrected chi connectivity index (χ3v) is 3.84. The lowest BCUT2D eigenvalue weighted by atomic mass is 10.2. The van der Waals surface area contributed by atoms with E-state index in [1.807, 2.05) is 4.98 Å². The first-order valence-corrected chi connectivity index (χ1v) is 7.56. The van der Waals surface area contributed by atoms with E-state index in [1.165, 1.54) is 0 Å². The average Bonchev–Trinajstić information content (AvgIpc) is 2.96. The predicted octanol–water partition coefficient (Wildman–Crippen LogP) is -0.604. The Bertz CT molecular complexity index is 874. The number of rotatable bonds is 4. The van der Waals surface area contributed by atoms with Crippen LogP contribution in [0.5, 0.6) is 5.75 Å². The molecule has 1 fully saturated rings. The Kier molecular flexibility index (Phi) is 4.79. The van der Waals surface area contributed by atoms with Crippen LogP contribution in [0.1, 0.15) is 23.0 Å². The van der Waals surface area contributed by atoms with Crippen molar-refractivity contribution in [2.75, 3.05) is 6.61 Å². The number of nitrogens with zero attached hydrogens (tertiary/aromatic N) is 1. The molecule has 2 aromatic rings. The van der Waals surface area contributed by atoms with Gasteiger partial charge in [-0.05, 0) is 12.1 Å². The van der Waals surface area contributed by atoms with E-state index in [2.05, 4.69) is 0 Å². The van der Waals surface area contributed by atoms with Crippen molar-refractivity contribution in [3.05, 3.63) is 62.9 Å². The topological polar surface area (TPSA) is 131 Å². The molecule has 25 heavy (non-hydrogen) atoms. The number of ether oxygens (including phenoxy) is 2. The Balaban J connectivity index is 1.90. The van der Waals surface area contributed by atoms with Crippen molar-refractivity contribution in [1.29, 1.82) is 0 Å². The molecule has 1 aliphatic heterocycles. The standard InChI is InChI=1S/C16H16N2O7/c19-8-12-11(20)6-13(25-12)18-7-10(14(21)17-16(18)23)15(22)24-9-4-2-1-3-5-9/h1-5,7,11-13,19-20H,6,8H2,(H,17,21,23)/t11-,12+,13-/m1/s1. The van der Waals surface area contributed by atoms with Crippen LogP contribution in [0.15, 0.2) is 46.1 Å². The van der Waals surface area contributed by atoms with Crippen LogP contribution in [0.3, 0.4) is 0 Å². The summed E-state index contributed by atoms with van der Waals surface area (Å²) < 4.78 is 11.5. The maximum atomic E-state index is 12.2. The maximum absolute atomic E-state index is 12.2. The average molecular weight is 348 g/mol. The third-order valence-electron chi connectivity index (χ3n) is 3.84. The predicted molar refractivity (Wildman–Crippen MR) is 84.3 cm³/mol. The van der Waals surface area contributed by atoms with Gasteiger partial charge in [-0.1, -0.05) is 18.2 Å².